The molecular weight excluding hydrogens is 498 g/mol. The van der Waals surface area contributed by atoms with Crippen LogP contribution < -0.4 is 5.32 Å². The first-order valence-electron chi connectivity index (χ1n) is 13.8. The summed E-state index contributed by atoms with van der Waals surface area (Å²) in [7, 11) is 0. The van der Waals surface area contributed by atoms with Gasteiger partial charge in [0.15, 0.2) is 0 Å². The van der Waals surface area contributed by atoms with Gasteiger partial charge in [0, 0.05) is 53.1 Å². The summed E-state index contributed by atoms with van der Waals surface area (Å²) in [6.07, 6.45) is 17.5. The molecule has 0 unspecified atom stereocenters. The summed E-state index contributed by atoms with van der Waals surface area (Å²) in [6, 6.07) is 14.3. The van der Waals surface area contributed by atoms with Crippen LogP contribution in [0.1, 0.15) is 38.5 Å². The van der Waals surface area contributed by atoms with Crippen molar-refractivity contribution in [1.29, 1.82) is 0 Å². The van der Waals surface area contributed by atoms with Crippen LogP contribution in [0.25, 0.3) is 55.4 Å². The van der Waals surface area contributed by atoms with Crippen LogP contribution in [-0.4, -0.2) is 36.0 Å². The number of nitrogens with one attached hydrogen (secondary N) is 3. The maximum atomic E-state index is 12.7. The predicted molar refractivity (Wildman–Crippen MR) is 157 cm³/mol. The third-order valence-corrected chi connectivity index (χ3v) is 7.91. The van der Waals surface area contributed by atoms with Crippen LogP contribution in [0.4, 0.5) is 5.69 Å². The molecule has 0 radical (unpaired) electrons. The largest absolute Gasteiger partial charge is 0.352 e. The fraction of sp³-hybridized carbons (Fsp3) is 0.219. The fourth-order valence-electron chi connectivity index (χ4n) is 5.87. The van der Waals surface area contributed by atoms with E-state index in [9.17, 15) is 4.79 Å². The van der Waals surface area contributed by atoms with Crippen molar-refractivity contribution in [2.75, 3.05) is 5.32 Å². The van der Waals surface area contributed by atoms with Crippen molar-refractivity contribution in [2.45, 2.75) is 38.5 Å². The molecule has 5 aromatic heterocycles. The van der Waals surface area contributed by atoms with Crippen LogP contribution in [0.2, 0.25) is 0 Å². The van der Waals surface area contributed by atoms with Crippen LogP contribution in [0, 0.1) is 5.92 Å². The number of rotatable bonds is 6. The zero-order valence-electron chi connectivity index (χ0n) is 22.0. The van der Waals surface area contributed by atoms with Crippen LogP contribution in [0.5, 0.6) is 0 Å². The highest BCUT2D eigenvalue weighted by molar-refractivity contribution is 6.01. The number of hydrogen-bond donors (Lipinski definition) is 3. The molecule has 0 bridgehead atoms. The molecule has 1 aliphatic rings. The molecule has 5 heterocycles. The Kier molecular flexibility index (Phi) is 6.28. The molecule has 6 aromatic rings. The molecular formula is C32H29N7O. The third-order valence-electron chi connectivity index (χ3n) is 7.91. The molecule has 8 nitrogen and oxygen atoms in total. The Morgan fingerprint density at radius 1 is 0.800 bits per heavy atom. The summed E-state index contributed by atoms with van der Waals surface area (Å²) in [5.74, 6) is 0.561. The number of amides is 1. The Morgan fingerprint density at radius 3 is 2.52 bits per heavy atom. The van der Waals surface area contributed by atoms with Gasteiger partial charge < -0.3 is 10.3 Å². The van der Waals surface area contributed by atoms with Gasteiger partial charge in [0.2, 0.25) is 5.91 Å². The highest BCUT2D eigenvalue weighted by Crippen LogP contribution is 2.35. The number of carbonyl (C=O) groups excluding carboxylic acids is 1. The average Bonchev–Trinajstić information content (AvgIpc) is 3.62. The average molecular weight is 528 g/mol. The molecule has 8 heteroatoms. The van der Waals surface area contributed by atoms with Crippen molar-refractivity contribution >= 4 is 33.4 Å². The van der Waals surface area contributed by atoms with Gasteiger partial charge in [0.05, 0.1) is 34.8 Å². The van der Waals surface area contributed by atoms with E-state index in [1.165, 1.54) is 19.3 Å². The Morgan fingerprint density at radius 2 is 1.65 bits per heavy atom. The first-order valence-corrected chi connectivity index (χ1v) is 13.8. The van der Waals surface area contributed by atoms with Crippen LogP contribution in [0.15, 0.2) is 79.6 Å². The van der Waals surface area contributed by atoms with Gasteiger partial charge in [-0.3, -0.25) is 24.8 Å². The highest BCUT2D eigenvalue weighted by Gasteiger charge is 2.18. The Balaban J connectivity index is 1.19. The maximum absolute atomic E-state index is 12.7. The number of anilines is 1. The quantitative estimate of drug-likeness (QED) is 0.213. The number of aromatic amines is 2. The molecule has 0 spiro atoms. The van der Waals surface area contributed by atoms with E-state index in [0.717, 1.165) is 74.0 Å². The van der Waals surface area contributed by atoms with E-state index in [1.54, 1.807) is 18.6 Å². The van der Waals surface area contributed by atoms with Gasteiger partial charge in [-0.2, -0.15) is 5.10 Å². The number of nitrogens with zero attached hydrogens (tertiary/aromatic N) is 4. The topological polar surface area (TPSA) is 112 Å². The van der Waals surface area contributed by atoms with Crippen molar-refractivity contribution in [2.24, 2.45) is 5.92 Å². The third kappa shape index (κ3) is 4.73. The minimum atomic E-state index is 0.0675. The van der Waals surface area contributed by atoms with E-state index in [-0.39, 0.29) is 5.91 Å². The minimum Gasteiger partial charge on any atom is -0.352 e. The summed E-state index contributed by atoms with van der Waals surface area (Å²) in [5, 5.41) is 13.0. The molecule has 40 heavy (non-hydrogen) atoms. The van der Waals surface area contributed by atoms with E-state index < -0.39 is 0 Å². The van der Waals surface area contributed by atoms with Crippen molar-refractivity contribution in [3.05, 3.63) is 79.6 Å². The van der Waals surface area contributed by atoms with Gasteiger partial charge in [-0.25, -0.2) is 0 Å². The van der Waals surface area contributed by atoms with Crippen LogP contribution in [0.3, 0.4) is 0 Å². The zero-order chi connectivity index (χ0) is 26.9. The second kappa shape index (κ2) is 10.4. The van der Waals surface area contributed by atoms with Gasteiger partial charge in [-0.05, 0) is 66.3 Å². The number of hydrogen-bond acceptors (Lipinski definition) is 5. The Bertz CT molecular complexity index is 1820. The standard InChI is InChI=1S/C32H29N7O/c40-31(12-20-4-2-1-3-5-20)36-24-13-23(16-34-17-24)22-6-7-28-26(14-22)32(39-38-28)29-15-25-27(18-35-19-30(25)37-29)21-8-10-33-11-9-21/h6-11,13-20,37H,1-5,12H2,(H,36,40)(H,38,39). The predicted octanol–water partition coefficient (Wildman–Crippen LogP) is 7.14. The second-order valence-electron chi connectivity index (χ2n) is 10.6. The molecule has 0 atom stereocenters. The molecule has 1 amide bonds. The number of fused-ring (bicyclic) bond motifs is 2. The number of pyridine rings is 3. The fourth-order valence-corrected chi connectivity index (χ4v) is 5.87. The summed E-state index contributed by atoms with van der Waals surface area (Å²) in [4.78, 5) is 29.2. The van der Waals surface area contributed by atoms with E-state index in [1.807, 2.05) is 48.9 Å². The zero-order valence-corrected chi connectivity index (χ0v) is 22.0. The maximum Gasteiger partial charge on any atom is 0.224 e. The van der Waals surface area contributed by atoms with Crippen LogP contribution >= 0.6 is 0 Å². The van der Waals surface area contributed by atoms with E-state index in [0.29, 0.717) is 12.3 Å². The molecule has 0 aliphatic heterocycles. The van der Waals surface area contributed by atoms with Gasteiger partial charge in [-0.1, -0.05) is 25.3 Å². The first kappa shape index (κ1) is 24.2. The normalized spacial score (nSPS) is 14.1. The second-order valence-corrected chi connectivity index (χ2v) is 10.6. The molecule has 1 aromatic carbocycles. The van der Waals surface area contributed by atoms with Gasteiger partial charge in [-0.15, -0.1) is 0 Å². The van der Waals surface area contributed by atoms with Crippen LogP contribution in [-0.2, 0) is 4.79 Å². The Hall–Kier alpha value is -4.85. The van der Waals surface area contributed by atoms with E-state index >= 15 is 0 Å². The SMILES string of the molecule is O=C(CC1CCCCC1)Nc1cncc(-c2ccc3[nH]nc(-c4cc5c(-c6ccncc6)cncc5[nH]4)c3c2)c1. The highest BCUT2D eigenvalue weighted by atomic mass is 16.1. The lowest BCUT2D eigenvalue weighted by molar-refractivity contribution is -0.117. The minimum absolute atomic E-state index is 0.0675. The lowest BCUT2D eigenvalue weighted by atomic mass is 9.87. The lowest BCUT2D eigenvalue weighted by Crippen LogP contribution is -2.18. The number of carbonyl (C=O) groups is 1. The first-order chi connectivity index (χ1) is 19.7. The number of aromatic nitrogens is 6. The smallest absolute Gasteiger partial charge is 0.224 e. The number of H-pyrrole nitrogens is 2. The lowest BCUT2D eigenvalue weighted by Gasteiger charge is -2.20. The van der Waals surface area contributed by atoms with Crippen molar-refractivity contribution in [1.82, 2.24) is 30.1 Å². The van der Waals surface area contributed by atoms with E-state index in [2.05, 4.69) is 47.6 Å². The molecule has 1 aliphatic carbocycles. The Labute approximate surface area is 231 Å². The molecule has 0 saturated heterocycles. The van der Waals surface area contributed by atoms with Crippen molar-refractivity contribution in [3.8, 4) is 33.6 Å². The van der Waals surface area contributed by atoms with E-state index in [4.69, 9.17) is 0 Å². The monoisotopic (exact) mass is 527 g/mol. The van der Waals surface area contributed by atoms with Gasteiger partial charge in [0.25, 0.3) is 0 Å². The molecule has 1 saturated carbocycles. The molecule has 3 N–H and O–H groups in total. The molecule has 198 valence electrons. The summed E-state index contributed by atoms with van der Waals surface area (Å²) in [6.45, 7) is 0. The summed E-state index contributed by atoms with van der Waals surface area (Å²) in [5.41, 5.74) is 8.38. The molecule has 1 fully saturated rings. The van der Waals surface area contributed by atoms with Crippen molar-refractivity contribution < 1.29 is 4.79 Å². The summed E-state index contributed by atoms with van der Waals surface area (Å²) < 4.78 is 0. The van der Waals surface area contributed by atoms with Gasteiger partial charge >= 0.3 is 0 Å². The van der Waals surface area contributed by atoms with Crippen molar-refractivity contribution in [3.63, 3.8) is 0 Å². The number of benzene rings is 1. The summed E-state index contributed by atoms with van der Waals surface area (Å²) >= 11 is 0. The van der Waals surface area contributed by atoms with Gasteiger partial charge in [0.1, 0.15) is 5.69 Å². The molecule has 7 rings (SSSR count).